The van der Waals surface area contributed by atoms with Crippen LogP contribution in [0.25, 0.3) is 21.8 Å². The van der Waals surface area contributed by atoms with Gasteiger partial charge in [0.05, 0.1) is 29.9 Å². The van der Waals surface area contributed by atoms with Gasteiger partial charge in [-0.2, -0.15) is 0 Å². The van der Waals surface area contributed by atoms with Crippen molar-refractivity contribution in [2.75, 3.05) is 32.1 Å². The van der Waals surface area contributed by atoms with Gasteiger partial charge in [0.25, 0.3) is 0 Å². The molecule has 8 heteroatoms. The fraction of sp³-hybridized carbons (Fsp3) is 0.316. The molecule has 3 N–H and O–H groups in total. The number of methoxy groups -OCH3 is 1. The predicted molar refractivity (Wildman–Crippen MR) is 118 cm³/mol. The zero-order valence-corrected chi connectivity index (χ0v) is 17.5. The Morgan fingerprint density at radius 2 is 1.85 bits per heavy atom. The molecule has 0 fully saturated rings. The number of aromatic nitrogens is 1. The Balaban J connectivity index is 0.00000182. The summed E-state index contributed by atoms with van der Waals surface area (Å²) in [6, 6.07) is 11.6. The molecule has 1 aromatic heterocycles. The van der Waals surface area contributed by atoms with Gasteiger partial charge >= 0.3 is 0 Å². The van der Waals surface area contributed by atoms with Crippen molar-refractivity contribution < 1.29 is 9.84 Å². The minimum atomic E-state index is -0.353. The maximum absolute atomic E-state index is 9.32. The average molecular weight is 433 g/mol. The highest BCUT2D eigenvalue weighted by molar-refractivity contribution is 6.31. The summed E-state index contributed by atoms with van der Waals surface area (Å²) in [6.45, 7) is 3.80. The molecule has 1 heterocycles. The van der Waals surface area contributed by atoms with Crippen molar-refractivity contribution in [3.8, 4) is 5.75 Å². The number of pyridine rings is 1. The van der Waals surface area contributed by atoms with Crippen LogP contribution in [0.1, 0.15) is 6.92 Å². The first-order valence-corrected chi connectivity index (χ1v) is 8.66. The summed E-state index contributed by atoms with van der Waals surface area (Å²) in [7, 11) is 1.66. The summed E-state index contributed by atoms with van der Waals surface area (Å²) in [5.74, 6) is 0.790. The molecular weight excluding hydrogens is 409 g/mol. The number of halogens is 3. The number of hydrogen-bond donors (Lipinski definition) is 3. The lowest BCUT2D eigenvalue weighted by molar-refractivity contribution is 0.192. The molecule has 0 saturated heterocycles. The zero-order chi connectivity index (χ0) is 17.8. The van der Waals surface area contributed by atoms with Crippen molar-refractivity contribution >= 4 is 63.9 Å². The Morgan fingerprint density at radius 1 is 1.07 bits per heavy atom. The van der Waals surface area contributed by atoms with Crippen molar-refractivity contribution in [2.24, 2.45) is 0 Å². The smallest absolute Gasteiger partial charge is 0.119 e. The van der Waals surface area contributed by atoms with E-state index in [1.54, 1.807) is 14.0 Å². The second-order valence-corrected chi connectivity index (χ2v) is 6.45. The summed E-state index contributed by atoms with van der Waals surface area (Å²) < 4.78 is 5.36. The number of rotatable bonds is 7. The lowest BCUT2D eigenvalue weighted by Crippen LogP contribution is -2.29. The standard InChI is InChI=1S/C19H22ClN3O2.2ClH/c1-12(24)11-21-7-8-22-19-15-5-3-13(20)9-18(15)23-17-6-4-14(25-2)10-16(17)19;;/h3-6,9-10,12,21,24H,7-8,11H2,1-2H3,(H,22,23);2*1H. The SMILES string of the molecule is COc1ccc2nc3cc(Cl)ccc3c(NCCNCC(C)O)c2c1.Cl.Cl. The highest BCUT2D eigenvalue weighted by Crippen LogP contribution is 2.33. The van der Waals surface area contributed by atoms with Gasteiger partial charge in [0.15, 0.2) is 0 Å². The van der Waals surface area contributed by atoms with Crippen molar-refractivity contribution in [1.29, 1.82) is 0 Å². The van der Waals surface area contributed by atoms with Gasteiger partial charge in [-0.15, -0.1) is 24.8 Å². The molecule has 3 rings (SSSR count). The van der Waals surface area contributed by atoms with Gasteiger partial charge in [0.2, 0.25) is 0 Å². The van der Waals surface area contributed by atoms with E-state index in [1.807, 2.05) is 36.4 Å². The first kappa shape index (κ1) is 23.5. The summed E-state index contributed by atoms with van der Waals surface area (Å²) in [5, 5.41) is 18.7. The van der Waals surface area contributed by atoms with Gasteiger partial charge in [-0.25, -0.2) is 4.98 Å². The third-order valence-corrected chi connectivity index (χ3v) is 4.22. The molecule has 0 bridgehead atoms. The van der Waals surface area contributed by atoms with Gasteiger partial charge in [0, 0.05) is 35.4 Å². The van der Waals surface area contributed by atoms with Crippen LogP contribution in [0.5, 0.6) is 5.75 Å². The molecule has 148 valence electrons. The van der Waals surface area contributed by atoms with Crippen molar-refractivity contribution in [2.45, 2.75) is 13.0 Å². The van der Waals surface area contributed by atoms with E-state index in [0.717, 1.165) is 46.3 Å². The monoisotopic (exact) mass is 431 g/mol. The maximum Gasteiger partial charge on any atom is 0.119 e. The van der Waals surface area contributed by atoms with Crippen LogP contribution in [0.4, 0.5) is 5.69 Å². The third kappa shape index (κ3) is 5.74. The van der Waals surface area contributed by atoms with Crippen LogP contribution in [0.3, 0.4) is 0 Å². The molecule has 27 heavy (non-hydrogen) atoms. The maximum atomic E-state index is 9.32. The van der Waals surface area contributed by atoms with E-state index in [0.29, 0.717) is 11.6 Å². The Labute approximate surface area is 176 Å². The van der Waals surface area contributed by atoms with E-state index in [1.165, 1.54) is 0 Å². The number of nitrogens with zero attached hydrogens (tertiary/aromatic N) is 1. The molecule has 0 aliphatic carbocycles. The number of nitrogens with one attached hydrogen (secondary N) is 2. The Kier molecular flexibility index (Phi) is 9.36. The topological polar surface area (TPSA) is 66.4 Å². The quantitative estimate of drug-likeness (QED) is 0.384. The summed E-state index contributed by atoms with van der Waals surface area (Å²) in [6.07, 6.45) is -0.353. The molecule has 1 unspecified atom stereocenters. The molecule has 0 radical (unpaired) electrons. The number of benzene rings is 2. The normalized spacial score (nSPS) is 11.6. The zero-order valence-electron chi connectivity index (χ0n) is 15.2. The molecule has 5 nitrogen and oxygen atoms in total. The highest BCUT2D eigenvalue weighted by atomic mass is 35.5. The van der Waals surface area contributed by atoms with Gasteiger partial charge in [0.1, 0.15) is 5.75 Å². The van der Waals surface area contributed by atoms with Gasteiger partial charge in [-0.1, -0.05) is 11.6 Å². The van der Waals surface area contributed by atoms with Crippen LogP contribution in [-0.4, -0.2) is 42.9 Å². The Hall–Kier alpha value is -1.50. The summed E-state index contributed by atoms with van der Waals surface area (Å²) >= 11 is 6.13. The van der Waals surface area contributed by atoms with Gasteiger partial charge in [-0.05, 0) is 43.3 Å². The highest BCUT2D eigenvalue weighted by Gasteiger charge is 2.10. The molecule has 0 saturated carbocycles. The number of hydrogen-bond acceptors (Lipinski definition) is 5. The fourth-order valence-electron chi connectivity index (χ4n) is 2.80. The van der Waals surface area contributed by atoms with Crippen LogP contribution in [0.2, 0.25) is 5.02 Å². The molecule has 2 aromatic carbocycles. The van der Waals surface area contributed by atoms with E-state index in [-0.39, 0.29) is 30.9 Å². The van der Waals surface area contributed by atoms with Crippen molar-refractivity contribution in [3.63, 3.8) is 0 Å². The number of aliphatic hydroxyl groups is 1. The number of anilines is 1. The Morgan fingerprint density at radius 3 is 2.56 bits per heavy atom. The first-order valence-electron chi connectivity index (χ1n) is 8.28. The molecule has 0 amide bonds. The Bertz CT molecular complexity index is 891. The van der Waals surface area contributed by atoms with Gasteiger partial charge in [-0.3, -0.25) is 0 Å². The van der Waals surface area contributed by atoms with E-state index in [4.69, 9.17) is 21.3 Å². The lowest BCUT2D eigenvalue weighted by Gasteiger charge is -2.15. The number of ether oxygens (including phenoxy) is 1. The molecule has 0 aliphatic heterocycles. The second-order valence-electron chi connectivity index (χ2n) is 6.01. The minimum Gasteiger partial charge on any atom is -0.497 e. The third-order valence-electron chi connectivity index (χ3n) is 3.99. The predicted octanol–water partition coefficient (Wildman–Crippen LogP) is 4.28. The van der Waals surface area contributed by atoms with Crippen LogP contribution in [-0.2, 0) is 0 Å². The van der Waals surface area contributed by atoms with E-state index in [9.17, 15) is 5.11 Å². The molecule has 0 spiro atoms. The van der Waals surface area contributed by atoms with Crippen LogP contribution < -0.4 is 15.4 Å². The minimum absolute atomic E-state index is 0. The second kappa shape index (κ2) is 10.7. The largest absolute Gasteiger partial charge is 0.497 e. The lowest BCUT2D eigenvalue weighted by atomic mass is 10.1. The van der Waals surface area contributed by atoms with Crippen LogP contribution >= 0.6 is 36.4 Å². The summed E-state index contributed by atoms with van der Waals surface area (Å²) in [4.78, 5) is 4.71. The van der Waals surface area contributed by atoms with E-state index >= 15 is 0 Å². The molecule has 0 aliphatic rings. The molecule has 1 atom stereocenters. The first-order chi connectivity index (χ1) is 12.1. The van der Waals surface area contributed by atoms with E-state index < -0.39 is 0 Å². The van der Waals surface area contributed by atoms with E-state index in [2.05, 4.69) is 10.6 Å². The number of fused-ring (bicyclic) bond motifs is 2. The van der Waals surface area contributed by atoms with Crippen molar-refractivity contribution in [3.05, 3.63) is 41.4 Å². The van der Waals surface area contributed by atoms with Crippen LogP contribution in [0, 0.1) is 0 Å². The number of aliphatic hydroxyl groups excluding tert-OH is 1. The molecule has 3 aromatic rings. The van der Waals surface area contributed by atoms with Crippen molar-refractivity contribution in [1.82, 2.24) is 10.3 Å². The fourth-order valence-corrected chi connectivity index (χ4v) is 2.97. The van der Waals surface area contributed by atoms with Gasteiger partial charge < -0.3 is 20.5 Å². The summed E-state index contributed by atoms with van der Waals surface area (Å²) in [5.41, 5.74) is 2.74. The molecular formula is C19H24Cl3N3O2. The average Bonchev–Trinajstić information content (AvgIpc) is 2.59. The van der Waals surface area contributed by atoms with Crippen LogP contribution in [0.15, 0.2) is 36.4 Å².